The quantitative estimate of drug-likeness (QED) is 0.889. The van der Waals surface area contributed by atoms with Gasteiger partial charge in [0.15, 0.2) is 0 Å². The van der Waals surface area contributed by atoms with Gasteiger partial charge in [-0.3, -0.25) is 9.48 Å². The molecule has 0 saturated heterocycles. The zero-order chi connectivity index (χ0) is 15.7. The number of hydrogen-bond donors (Lipinski definition) is 1. The topological polar surface area (TPSA) is 46.9 Å². The Balaban J connectivity index is 1.51. The zero-order valence-corrected chi connectivity index (χ0v) is 14.4. The molecule has 1 aromatic carbocycles. The van der Waals surface area contributed by atoms with Crippen LogP contribution >= 0.6 is 15.9 Å². The molecule has 3 atom stereocenters. The molecule has 1 heterocycles. The Morgan fingerprint density at radius 2 is 2.18 bits per heavy atom. The van der Waals surface area contributed by atoms with Gasteiger partial charge < -0.3 is 5.32 Å². The molecule has 1 N–H and O–H groups in total. The van der Waals surface area contributed by atoms with Crippen LogP contribution in [0, 0.1) is 5.92 Å². The molecule has 1 fully saturated rings. The molecule has 1 aromatic heterocycles. The molecule has 3 rings (SSSR count). The summed E-state index contributed by atoms with van der Waals surface area (Å²) >= 11 is 3.43. The van der Waals surface area contributed by atoms with Gasteiger partial charge >= 0.3 is 0 Å². The van der Waals surface area contributed by atoms with Crippen molar-refractivity contribution in [2.75, 3.05) is 0 Å². The van der Waals surface area contributed by atoms with Crippen LogP contribution in [0.25, 0.3) is 0 Å². The molecule has 2 aromatic rings. The van der Waals surface area contributed by atoms with Gasteiger partial charge in [0.2, 0.25) is 5.91 Å². The number of nitrogens with one attached hydrogen (secondary N) is 1. The molecule has 0 bridgehead atoms. The van der Waals surface area contributed by atoms with Crippen molar-refractivity contribution in [1.82, 2.24) is 15.1 Å². The number of carbonyl (C=O) groups is 1. The molecule has 1 saturated carbocycles. The Labute approximate surface area is 139 Å². The summed E-state index contributed by atoms with van der Waals surface area (Å²) in [7, 11) is 1.90. The van der Waals surface area contributed by atoms with E-state index in [9.17, 15) is 4.79 Å². The van der Waals surface area contributed by atoms with Crippen molar-refractivity contribution in [2.45, 2.75) is 31.7 Å². The third-order valence-corrected chi connectivity index (χ3v) is 4.65. The van der Waals surface area contributed by atoms with E-state index in [1.807, 2.05) is 31.6 Å². The fourth-order valence-corrected chi connectivity index (χ4v) is 3.12. The van der Waals surface area contributed by atoms with Gasteiger partial charge in [0.1, 0.15) is 0 Å². The lowest BCUT2D eigenvalue weighted by molar-refractivity contribution is -0.123. The Morgan fingerprint density at radius 3 is 2.82 bits per heavy atom. The van der Waals surface area contributed by atoms with Gasteiger partial charge in [-0.25, -0.2) is 0 Å². The second-order valence-corrected chi connectivity index (χ2v) is 7.05. The predicted octanol–water partition coefficient (Wildman–Crippen LogP) is 3.03. The first-order valence-electron chi connectivity index (χ1n) is 7.56. The van der Waals surface area contributed by atoms with Crippen molar-refractivity contribution in [2.24, 2.45) is 13.0 Å². The normalized spacial score (nSPS) is 21.4. The smallest absolute Gasteiger partial charge is 0.223 e. The number of amides is 1. The number of nitrogens with zero attached hydrogens (tertiary/aromatic N) is 2. The lowest BCUT2D eigenvalue weighted by atomic mass is 10.1. The minimum atomic E-state index is 0.108. The van der Waals surface area contributed by atoms with Gasteiger partial charge in [-0.05, 0) is 48.9 Å². The molecule has 3 unspecified atom stereocenters. The van der Waals surface area contributed by atoms with E-state index in [0.717, 1.165) is 17.3 Å². The summed E-state index contributed by atoms with van der Waals surface area (Å²) in [4.78, 5) is 12.3. The Morgan fingerprint density at radius 1 is 1.45 bits per heavy atom. The molecular weight excluding hydrogens is 342 g/mol. The van der Waals surface area contributed by atoms with Gasteiger partial charge in [0.05, 0.1) is 6.20 Å². The molecule has 1 aliphatic rings. The lowest BCUT2D eigenvalue weighted by Crippen LogP contribution is -2.35. The Kier molecular flexibility index (Phi) is 4.34. The highest BCUT2D eigenvalue weighted by Gasteiger charge is 2.44. The first kappa shape index (κ1) is 15.3. The van der Waals surface area contributed by atoms with E-state index in [-0.39, 0.29) is 17.9 Å². The summed E-state index contributed by atoms with van der Waals surface area (Å²) in [6.07, 6.45) is 5.65. The second kappa shape index (κ2) is 6.24. The summed E-state index contributed by atoms with van der Waals surface area (Å²) < 4.78 is 2.86. The number of aromatic nitrogens is 2. The van der Waals surface area contributed by atoms with E-state index >= 15 is 0 Å². The fraction of sp³-hybridized carbons (Fsp3) is 0.412. The largest absolute Gasteiger partial charge is 0.353 e. The SMILES string of the molecule is CC(Cc1ccc(Br)cc1)NC(=O)C1CC1c1cnn(C)c1. The molecule has 116 valence electrons. The fourth-order valence-electron chi connectivity index (χ4n) is 2.86. The maximum atomic E-state index is 12.3. The third-order valence-electron chi connectivity index (χ3n) is 4.12. The average molecular weight is 362 g/mol. The van der Waals surface area contributed by atoms with Crippen LogP contribution in [-0.2, 0) is 18.3 Å². The molecule has 4 nitrogen and oxygen atoms in total. The van der Waals surface area contributed by atoms with E-state index in [2.05, 4.69) is 45.4 Å². The van der Waals surface area contributed by atoms with Crippen molar-refractivity contribution in [1.29, 1.82) is 0 Å². The van der Waals surface area contributed by atoms with Crippen molar-refractivity contribution in [3.63, 3.8) is 0 Å². The molecule has 0 aliphatic heterocycles. The predicted molar refractivity (Wildman–Crippen MR) is 89.5 cm³/mol. The molecule has 5 heteroatoms. The monoisotopic (exact) mass is 361 g/mol. The van der Waals surface area contributed by atoms with Gasteiger partial charge in [0, 0.05) is 29.7 Å². The standard InChI is InChI=1S/C17H20BrN3O/c1-11(7-12-3-5-14(18)6-4-12)20-17(22)16-8-15(16)13-9-19-21(2)10-13/h3-6,9-11,15-16H,7-8H2,1-2H3,(H,20,22). The van der Waals surface area contributed by atoms with Crippen molar-refractivity contribution >= 4 is 21.8 Å². The average Bonchev–Trinajstić information content (AvgIpc) is 3.17. The van der Waals surface area contributed by atoms with Crippen LogP contribution in [0.4, 0.5) is 0 Å². The van der Waals surface area contributed by atoms with Crippen LogP contribution in [0.5, 0.6) is 0 Å². The minimum absolute atomic E-state index is 0.108. The van der Waals surface area contributed by atoms with Crippen LogP contribution in [0.15, 0.2) is 41.1 Å². The summed E-state index contributed by atoms with van der Waals surface area (Å²) in [6, 6.07) is 8.38. The van der Waals surface area contributed by atoms with Crippen LogP contribution < -0.4 is 5.32 Å². The molecule has 1 amide bonds. The Hall–Kier alpha value is -1.62. The van der Waals surface area contributed by atoms with Crippen molar-refractivity contribution in [3.05, 3.63) is 52.3 Å². The van der Waals surface area contributed by atoms with Gasteiger partial charge in [0.25, 0.3) is 0 Å². The van der Waals surface area contributed by atoms with E-state index in [0.29, 0.717) is 5.92 Å². The van der Waals surface area contributed by atoms with E-state index in [4.69, 9.17) is 0 Å². The summed E-state index contributed by atoms with van der Waals surface area (Å²) in [6.45, 7) is 2.06. The molecular formula is C17H20BrN3O. The van der Waals surface area contributed by atoms with Crippen LogP contribution in [-0.4, -0.2) is 21.7 Å². The van der Waals surface area contributed by atoms with Crippen LogP contribution in [0.1, 0.15) is 30.4 Å². The van der Waals surface area contributed by atoms with Crippen molar-refractivity contribution < 1.29 is 4.79 Å². The highest BCUT2D eigenvalue weighted by molar-refractivity contribution is 9.10. The summed E-state index contributed by atoms with van der Waals surface area (Å²) in [5.74, 6) is 0.614. The summed E-state index contributed by atoms with van der Waals surface area (Å²) in [5, 5.41) is 7.31. The van der Waals surface area contributed by atoms with Crippen LogP contribution in [0.2, 0.25) is 0 Å². The van der Waals surface area contributed by atoms with Gasteiger partial charge in [-0.15, -0.1) is 0 Å². The maximum Gasteiger partial charge on any atom is 0.223 e. The maximum absolute atomic E-state index is 12.3. The minimum Gasteiger partial charge on any atom is -0.353 e. The Bertz CT molecular complexity index is 665. The lowest BCUT2D eigenvalue weighted by Gasteiger charge is -2.14. The van der Waals surface area contributed by atoms with Gasteiger partial charge in [-0.1, -0.05) is 28.1 Å². The number of halogens is 1. The molecule has 22 heavy (non-hydrogen) atoms. The van der Waals surface area contributed by atoms with E-state index in [1.165, 1.54) is 11.1 Å². The number of hydrogen-bond acceptors (Lipinski definition) is 2. The van der Waals surface area contributed by atoms with Crippen LogP contribution in [0.3, 0.4) is 0 Å². The highest BCUT2D eigenvalue weighted by atomic mass is 79.9. The number of carbonyl (C=O) groups excluding carboxylic acids is 1. The first-order valence-corrected chi connectivity index (χ1v) is 8.35. The zero-order valence-electron chi connectivity index (χ0n) is 12.8. The number of aryl methyl sites for hydroxylation is 1. The van der Waals surface area contributed by atoms with E-state index < -0.39 is 0 Å². The molecule has 0 spiro atoms. The molecule has 1 aliphatic carbocycles. The second-order valence-electron chi connectivity index (χ2n) is 6.14. The van der Waals surface area contributed by atoms with Gasteiger partial charge in [-0.2, -0.15) is 5.10 Å². The number of rotatable bonds is 5. The highest BCUT2D eigenvalue weighted by Crippen LogP contribution is 2.47. The molecule has 0 radical (unpaired) electrons. The van der Waals surface area contributed by atoms with E-state index in [1.54, 1.807) is 4.68 Å². The third kappa shape index (κ3) is 3.58. The first-order chi connectivity index (χ1) is 10.5. The number of benzene rings is 1. The van der Waals surface area contributed by atoms with Crippen molar-refractivity contribution in [3.8, 4) is 0 Å². The summed E-state index contributed by atoms with van der Waals surface area (Å²) in [5.41, 5.74) is 2.40.